The fourth-order valence-corrected chi connectivity index (χ4v) is 2.13. The summed E-state index contributed by atoms with van der Waals surface area (Å²) in [5, 5.41) is 17.8. The van der Waals surface area contributed by atoms with Crippen LogP contribution >= 0.6 is 0 Å². The van der Waals surface area contributed by atoms with E-state index in [9.17, 15) is 9.18 Å². The smallest absolute Gasteiger partial charge is 0.423 e. The Bertz CT molecular complexity index is 447. The Labute approximate surface area is 105 Å². The van der Waals surface area contributed by atoms with Crippen LogP contribution in [-0.2, 0) is 0 Å². The lowest BCUT2D eigenvalue weighted by Crippen LogP contribution is -2.37. The van der Waals surface area contributed by atoms with E-state index in [0.29, 0.717) is 13.1 Å². The van der Waals surface area contributed by atoms with E-state index in [1.165, 1.54) is 12.1 Å². The molecule has 0 saturated carbocycles. The van der Waals surface area contributed by atoms with Crippen molar-refractivity contribution in [1.82, 2.24) is 4.90 Å². The van der Waals surface area contributed by atoms with Gasteiger partial charge in [-0.1, -0.05) is 6.07 Å². The molecular weight excluding hydrogens is 236 g/mol. The number of carbonyl (C=O) groups excluding carboxylic acids is 1. The lowest BCUT2D eigenvalue weighted by molar-refractivity contribution is 0.0719. The molecule has 0 radical (unpaired) electrons. The van der Waals surface area contributed by atoms with Gasteiger partial charge in [0.1, 0.15) is 5.82 Å². The molecule has 0 bridgehead atoms. The normalized spacial score (nSPS) is 15.6. The highest BCUT2D eigenvalue weighted by Gasteiger charge is 2.22. The van der Waals surface area contributed by atoms with Crippen LogP contribution < -0.4 is 5.46 Å². The molecule has 6 heteroatoms. The molecule has 0 atom stereocenters. The summed E-state index contributed by atoms with van der Waals surface area (Å²) in [6.07, 6.45) is 2.99. The van der Waals surface area contributed by atoms with Crippen LogP contribution in [0.25, 0.3) is 0 Å². The molecule has 2 N–H and O–H groups in total. The number of benzene rings is 1. The van der Waals surface area contributed by atoms with Crippen molar-refractivity contribution in [2.75, 3.05) is 13.1 Å². The monoisotopic (exact) mass is 251 g/mol. The van der Waals surface area contributed by atoms with Crippen molar-refractivity contribution < 1.29 is 19.2 Å². The molecule has 2 rings (SSSR count). The maximum atomic E-state index is 13.7. The van der Waals surface area contributed by atoms with Gasteiger partial charge in [0.25, 0.3) is 5.91 Å². The molecule has 1 aromatic rings. The Balaban J connectivity index is 2.19. The SMILES string of the molecule is O=C(c1ccc(B(O)O)cc1F)N1CCCCC1. The van der Waals surface area contributed by atoms with E-state index in [1.807, 2.05) is 0 Å². The summed E-state index contributed by atoms with van der Waals surface area (Å²) >= 11 is 0. The molecule has 1 amide bonds. The maximum absolute atomic E-state index is 13.7. The van der Waals surface area contributed by atoms with E-state index in [0.717, 1.165) is 25.3 Å². The van der Waals surface area contributed by atoms with Crippen LogP contribution in [0.2, 0.25) is 0 Å². The molecule has 1 fully saturated rings. The van der Waals surface area contributed by atoms with Gasteiger partial charge in [-0.05, 0) is 36.9 Å². The number of hydrogen-bond donors (Lipinski definition) is 2. The molecule has 1 aliphatic rings. The summed E-state index contributed by atoms with van der Waals surface area (Å²) in [4.78, 5) is 13.7. The molecule has 96 valence electrons. The Morgan fingerprint density at radius 2 is 1.89 bits per heavy atom. The third-order valence-corrected chi connectivity index (χ3v) is 3.16. The van der Waals surface area contributed by atoms with Gasteiger partial charge in [-0.2, -0.15) is 0 Å². The summed E-state index contributed by atoms with van der Waals surface area (Å²) in [5.41, 5.74) is 0.0315. The highest BCUT2D eigenvalue weighted by molar-refractivity contribution is 6.58. The van der Waals surface area contributed by atoms with Gasteiger partial charge in [0.15, 0.2) is 0 Å². The minimum absolute atomic E-state index is 0.0127. The van der Waals surface area contributed by atoms with Gasteiger partial charge in [0.05, 0.1) is 5.56 Å². The number of halogens is 1. The fraction of sp³-hybridized carbons (Fsp3) is 0.417. The van der Waals surface area contributed by atoms with Crippen LogP contribution in [0.5, 0.6) is 0 Å². The number of piperidine rings is 1. The van der Waals surface area contributed by atoms with Crippen molar-refractivity contribution in [1.29, 1.82) is 0 Å². The van der Waals surface area contributed by atoms with Crippen molar-refractivity contribution >= 4 is 18.5 Å². The first-order valence-electron chi connectivity index (χ1n) is 6.04. The van der Waals surface area contributed by atoms with Gasteiger partial charge >= 0.3 is 7.12 Å². The number of nitrogens with zero attached hydrogens (tertiary/aromatic N) is 1. The van der Waals surface area contributed by atoms with E-state index in [1.54, 1.807) is 4.90 Å². The molecule has 1 aromatic carbocycles. The summed E-state index contributed by atoms with van der Waals surface area (Å²) in [6, 6.07) is 3.65. The minimum Gasteiger partial charge on any atom is -0.423 e. The molecular formula is C12H15BFNO3. The molecule has 4 nitrogen and oxygen atoms in total. The third kappa shape index (κ3) is 2.71. The summed E-state index contributed by atoms with van der Waals surface area (Å²) < 4.78 is 13.7. The number of hydrogen-bond acceptors (Lipinski definition) is 3. The molecule has 18 heavy (non-hydrogen) atoms. The van der Waals surface area contributed by atoms with Gasteiger partial charge < -0.3 is 14.9 Å². The molecule has 0 spiro atoms. The van der Waals surface area contributed by atoms with Gasteiger partial charge in [-0.3, -0.25) is 4.79 Å². The minimum atomic E-state index is -1.72. The lowest BCUT2D eigenvalue weighted by Gasteiger charge is -2.26. The second-order valence-electron chi connectivity index (χ2n) is 4.47. The van der Waals surface area contributed by atoms with Gasteiger partial charge in [0, 0.05) is 13.1 Å². The zero-order valence-corrected chi connectivity index (χ0v) is 9.97. The van der Waals surface area contributed by atoms with Crippen LogP contribution in [0.1, 0.15) is 29.6 Å². The van der Waals surface area contributed by atoms with Gasteiger partial charge in [-0.15, -0.1) is 0 Å². The topological polar surface area (TPSA) is 60.8 Å². The number of amides is 1. The second-order valence-corrected chi connectivity index (χ2v) is 4.47. The van der Waals surface area contributed by atoms with Crippen molar-refractivity contribution in [3.8, 4) is 0 Å². The van der Waals surface area contributed by atoms with Crippen LogP contribution in [-0.4, -0.2) is 41.1 Å². The Morgan fingerprint density at radius 1 is 1.22 bits per heavy atom. The second kappa shape index (κ2) is 5.50. The molecule has 0 aromatic heterocycles. The first-order valence-corrected chi connectivity index (χ1v) is 6.04. The average Bonchev–Trinajstić information content (AvgIpc) is 2.38. The van der Waals surface area contributed by atoms with Crippen molar-refractivity contribution in [2.24, 2.45) is 0 Å². The third-order valence-electron chi connectivity index (χ3n) is 3.16. The van der Waals surface area contributed by atoms with E-state index < -0.39 is 12.9 Å². The molecule has 1 saturated heterocycles. The number of likely N-dealkylation sites (tertiary alicyclic amines) is 1. The van der Waals surface area contributed by atoms with Crippen LogP contribution in [0, 0.1) is 5.82 Å². The van der Waals surface area contributed by atoms with E-state index in [4.69, 9.17) is 10.0 Å². The highest BCUT2D eigenvalue weighted by Crippen LogP contribution is 2.14. The molecule has 0 aliphatic carbocycles. The summed E-state index contributed by atoms with van der Waals surface area (Å²) in [6.45, 7) is 1.31. The number of carbonyl (C=O) groups is 1. The number of rotatable bonds is 2. The van der Waals surface area contributed by atoms with E-state index in [-0.39, 0.29) is 16.9 Å². The Hall–Kier alpha value is -1.40. The van der Waals surface area contributed by atoms with E-state index in [2.05, 4.69) is 0 Å². The quantitative estimate of drug-likeness (QED) is 0.734. The first-order chi connectivity index (χ1) is 8.59. The van der Waals surface area contributed by atoms with Crippen molar-refractivity contribution in [3.63, 3.8) is 0 Å². The average molecular weight is 251 g/mol. The fourth-order valence-electron chi connectivity index (χ4n) is 2.13. The molecule has 1 heterocycles. The van der Waals surface area contributed by atoms with E-state index >= 15 is 0 Å². The molecule has 1 aliphatic heterocycles. The standard InChI is InChI=1S/C12H15BFNO3/c14-11-8-9(13(17)18)4-5-10(11)12(16)15-6-2-1-3-7-15/h4-5,8,17-18H,1-3,6-7H2. The van der Waals surface area contributed by atoms with Crippen LogP contribution in [0.15, 0.2) is 18.2 Å². The van der Waals surface area contributed by atoms with Gasteiger partial charge in [-0.25, -0.2) is 4.39 Å². The first kappa shape index (κ1) is 13.0. The van der Waals surface area contributed by atoms with Crippen LogP contribution in [0.3, 0.4) is 0 Å². The zero-order chi connectivity index (χ0) is 13.1. The molecule has 0 unspecified atom stereocenters. The predicted octanol–water partition coefficient (Wildman–Crippen LogP) is 0.132. The Kier molecular flexibility index (Phi) is 3.99. The largest absolute Gasteiger partial charge is 0.488 e. The highest BCUT2D eigenvalue weighted by atomic mass is 19.1. The lowest BCUT2D eigenvalue weighted by atomic mass is 9.80. The maximum Gasteiger partial charge on any atom is 0.488 e. The van der Waals surface area contributed by atoms with Gasteiger partial charge in [0.2, 0.25) is 0 Å². The Morgan fingerprint density at radius 3 is 2.44 bits per heavy atom. The predicted molar refractivity (Wildman–Crippen MR) is 66.0 cm³/mol. The van der Waals surface area contributed by atoms with Crippen molar-refractivity contribution in [2.45, 2.75) is 19.3 Å². The summed E-state index contributed by atoms with van der Waals surface area (Å²) in [7, 11) is -1.72. The summed E-state index contributed by atoms with van der Waals surface area (Å²) in [5.74, 6) is -1.04. The van der Waals surface area contributed by atoms with Crippen LogP contribution in [0.4, 0.5) is 4.39 Å². The zero-order valence-electron chi connectivity index (χ0n) is 9.97. The van der Waals surface area contributed by atoms with Crippen molar-refractivity contribution in [3.05, 3.63) is 29.6 Å².